The fourth-order valence-corrected chi connectivity index (χ4v) is 5.48. The van der Waals surface area contributed by atoms with E-state index in [0.717, 1.165) is 47.9 Å². The number of carbonyl (C=O) groups is 1. The van der Waals surface area contributed by atoms with Crippen molar-refractivity contribution in [2.75, 3.05) is 11.9 Å². The average Bonchev–Trinajstić information content (AvgIpc) is 3.42. The number of hydrogen-bond donors (Lipinski definition) is 2. The zero-order valence-electron chi connectivity index (χ0n) is 16.8. The molecule has 2 aromatic heterocycles. The van der Waals surface area contributed by atoms with E-state index in [2.05, 4.69) is 43.3 Å². The van der Waals surface area contributed by atoms with Crippen LogP contribution in [0.3, 0.4) is 0 Å². The number of ketones is 1. The molecule has 31 heavy (non-hydrogen) atoms. The summed E-state index contributed by atoms with van der Waals surface area (Å²) in [6.07, 6.45) is 6.91. The van der Waals surface area contributed by atoms with Crippen molar-refractivity contribution in [3.05, 3.63) is 74.3 Å². The Labute approximate surface area is 198 Å². The van der Waals surface area contributed by atoms with Crippen LogP contribution in [0.2, 0.25) is 0 Å². The van der Waals surface area contributed by atoms with Crippen LogP contribution in [-0.2, 0) is 10.6 Å². The van der Waals surface area contributed by atoms with Crippen LogP contribution in [0, 0.1) is 5.92 Å². The van der Waals surface area contributed by atoms with Crippen LogP contribution in [0.25, 0.3) is 0 Å². The van der Waals surface area contributed by atoms with Crippen molar-refractivity contribution in [3.8, 4) is 0 Å². The van der Waals surface area contributed by atoms with Gasteiger partial charge in [0.15, 0.2) is 0 Å². The van der Waals surface area contributed by atoms with Crippen molar-refractivity contribution < 1.29 is 8.98 Å². The molecule has 1 saturated carbocycles. The molecule has 1 aliphatic carbocycles. The van der Waals surface area contributed by atoms with Gasteiger partial charge in [-0.05, 0) is 66.3 Å². The summed E-state index contributed by atoms with van der Waals surface area (Å²) in [6.45, 7) is 0.644. The van der Waals surface area contributed by atoms with Gasteiger partial charge in [-0.15, -0.1) is 11.3 Å². The largest absolute Gasteiger partial charge is 0.367 e. The Morgan fingerprint density at radius 1 is 1.32 bits per heavy atom. The topological polar surface area (TPSA) is 90.1 Å². The van der Waals surface area contributed by atoms with Crippen LogP contribution < -0.4 is 10.5 Å². The molecule has 1 aromatic carbocycles. The lowest BCUT2D eigenvalue weighted by Crippen LogP contribution is -2.20. The predicted molar refractivity (Wildman–Crippen MR) is 129 cm³/mol. The minimum absolute atomic E-state index is 0.0500. The lowest BCUT2D eigenvalue weighted by atomic mass is 10.1. The van der Waals surface area contributed by atoms with Crippen LogP contribution in [-0.4, -0.2) is 28.4 Å². The number of nitrogens with zero attached hydrogens (tertiary/aromatic N) is 2. The number of rotatable bonds is 9. The maximum atomic E-state index is 13.2. The van der Waals surface area contributed by atoms with Gasteiger partial charge in [0.25, 0.3) is 0 Å². The van der Waals surface area contributed by atoms with E-state index in [0.29, 0.717) is 28.8 Å². The molecule has 0 saturated heterocycles. The number of anilines is 1. The summed E-state index contributed by atoms with van der Waals surface area (Å²) < 4.78 is 6.32. The molecule has 3 aromatic rings. The van der Waals surface area contributed by atoms with Gasteiger partial charge in [0.05, 0.1) is 29.3 Å². The summed E-state index contributed by atoms with van der Waals surface area (Å²) in [7, 11) is 0. The van der Waals surface area contributed by atoms with Crippen molar-refractivity contribution >= 4 is 51.1 Å². The predicted octanol–water partition coefficient (Wildman–Crippen LogP) is 5.24. The fourth-order valence-electron chi connectivity index (χ4n) is 3.90. The Morgan fingerprint density at radius 3 is 3.06 bits per heavy atom. The van der Waals surface area contributed by atoms with Crippen molar-refractivity contribution in [2.45, 2.75) is 31.7 Å². The minimum atomic E-state index is -0.0500. The Morgan fingerprint density at radius 2 is 2.23 bits per heavy atom. The summed E-state index contributed by atoms with van der Waals surface area (Å²) in [5, 5.41) is 10.8. The number of nitrogens with one attached hydrogen (secondary N) is 1. The maximum absolute atomic E-state index is 13.2. The van der Waals surface area contributed by atoms with Gasteiger partial charge < -0.3 is 9.50 Å². The highest BCUT2D eigenvalue weighted by Crippen LogP contribution is 2.30. The molecule has 4 rings (SSSR count). The smallest absolute Gasteiger partial charge is 0.208 e. The minimum Gasteiger partial charge on any atom is -0.367 e. The van der Waals surface area contributed by atoms with Gasteiger partial charge in [-0.25, -0.2) is 9.97 Å². The van der Waals surface area contributed by atoms with Crippen LogP contribution >= 0.6 is 39.5 Å². The third kappa shape index (κ3) is 5.93. The second kappa shape index (κ2) is 10.7. The fraction of sp³-hybridized carbons (Fsp3) is 0.318. The molecule has 6 nitrogen and oxygen atoms in total. The van der Waals surface area contributed by atoms with Gasteiger partial charge in [0, 0.05) is 16.7 Å². The molecule has 1 aliphatic rings. The number of halogens is 1. The van der Waals surface area contributed by atoms with Gasteiger partial charge >= 0.3 is 0 Å². The van der Waals surface area contributed by atoms with Crippen LogP contribution in [0.1, 0.15) is 45.6 Å². The molecule has 162 valence electrons. The Bertz CT molecular complexity index is 1050. The molecule has 0 bridgehead atoms. The third-order valence-electron chi connectivity index (χ3n) is 5.39. The zero-order chi connectivity index (χ0) is 21.6. The van der Waals surface area contributed by atoms with Gasteiger partial charge in [-0.1, -0.05) is 28.1 Å². The van der Waals surface area contributed by atoms with Crippen LogP contribution in [0.4, 0.5) is 5.82 Å². The molecule has 2 atom stereocenters. The van der Waals surface area contributed by atoms with E-state index < -0.39 is 0 Å². The summed E-state index contributed by atoms with van der Waals surface area (Å²) in [6, 6.07) is 10.4. The molecular weight excluding hydrogens is 496 g/mol. The first-order valence-electron chi connectivity index (χ1n) is 10.0. The molecule has 2 heterocycles. The number of aromatic nitrogens is 2. The van der Waals surface area contributed by atoms with E-state index in [4.69, 9.17) is 9.32 Å². The normalized spacial score (nSPS) is 18.3. The summed E-state index contributed by atoms with van der Waals surface area (Å²) in [5.74, 6) is 1.01. The zero-order valence-corrected chi connectivity index (χ0v) is 20.0. The summed E-state index contributed by atoms with van der Waals surface area (Å²) in [5.41, 5.74) is 2.83. The number of thiophene rings is 1. The number of hydrogen-bond acceptors (Lipinski definition) is 8. The lowest BCUT2D eigenvalue weighted by Gasteiger charge is -2.15. The van der Waals surface area contributed by atoms with Gasteiger partial charge in [-0.2, -0.15) is 0 Å². The van der Waals surface area contributed by atoms with E-state index in [9.17, 15) is 4.79 Å². The van der Waals surface area contributed by atoms with Gasteiger partial charge in [-0.3, -0.25) is 9.93 Å². The van der Waals surface area contributed by atoms with E-state index in [1.165, 1.54) is 23.2 Å². The van der Waals surface area contributed by atoms with Gasteiger partial charge in [0.1, 0.15) is 12.1 Å². The molecule has 0 spiro atoms. The highest BCUT2D eigenvalue weighted by atomic mass is 79.9. The van der Waals surface area contributed by atoms with Crippen molar-refractivity contribution in [1.82, 2.24) is 9.97 Å². The molecule has 2 unspecified atom stereocenters. The second-order valence-electron chi connectivity index (χ2n) is 7.64. The molecule has 9 heteroatoms. The van der Waals surface area contributed by atoms with E-state index in [-0.39, 0.29) is 11.8 Å². The first kappa shape index (κ1) is 22.4. The van der Waals surface area contributed by atoms with Crippen molar-refractivity contribution in [3.63, 3.8) is 0 Å². The van der Waals surface area contributed by atoms with Crippen LogP contribution in [0.15, 0.2) is 52.7 Å². The molecule has 0 aliphatic heterocycles. The summed E-state index contributed by atoms with van der Waals surface area (Å²) >= 11 is 5.88. The van der Waals surface area contributed by atoms with Crippen molar-refractivity contribution in [2.24, 2.45) is 11.1 Å². The number of nitrogens with two attached hydrogens (primary N) is 1. The Hall–Kier alpha value is -1.78. The van der Waals surface area contributed by atoms with Gasteiger partial charge in [0.2, 0.25) is 5.78 Å². The average molecular weight is 519 g/mol. The molecule has 0 amide bonds. The Kier molecular flexibility index (Phi) is 7.73. The first-order chi connectivity index (χ1) is 15.1. The quantitative estimate of drug-likeness (QED) is 0.227. The standard InChI is InChI=1S/C22H23BrN4O2S2/c23-17-3-1-2-14(7-17)6-16-9-20(30-12-16)21(28)19-10-25-13-26-22(19)27-18-5-4-15(8-18)11-29-31-24/h1-3,7,9-10,12-13,15,18H,4-6,8,11,24H2,(H,25,26,27). The molecule has 1 fully saturated rings. The monoisotopic (exact) mass is 518 g/mol. The first-order valence-corrected chi connectivity index (χ1v) is 12.5. The van der Waals surface area contributed by atoms with E-state index in [1.54, 1.807) is 6.20 Å². The molecule has 3 N–H and O–H groups in total. The number of carbonyl (C=O) groups excluding carboxylic acids is 1. The molecule has 0 radical (unpaired) electrons. The van der Waals surface area contributed by atoms with Crippen LogP contribution in [0.5, 0.6) is 0 Å². The Balaban J connectivity index is 1.44. The summed E-state index contributed by atoms with van der Waals surface area (Å²) in [4.78, 5) is 22.4. The maximum Gasteiger partial charge on any atom is 0.208 e. The second-order valence-corrected chi connectivity index (χ2v) is 9.90. The lowest BCUT2D eigenvalue weighted by molar-refractivity contribution is 0.104. The third-order valence-corrected chi connectivity index (χ3v) is 7.13. The van der Waals surface area contributed by atoms with E-state index in [1.807, 2.05) is 23.6 Å². The highest BCUT2D eigenvalue weighted by Gasteiger charge is 2.27. The highest BCUT2D eigenvalue weighted by molar-refractivity contribution is 9.10. The number of benzene rings is 1. The van der Waals surface area contributed by atoms with Crippen molar-refractivity contribution in [1.29, 1.82) is 0 Å². The molecular formula is C22H23BrN4O2S2. The SMILES string of the molecule is NSOCC1CCC(Nc2ncncc2C(=O)c2cc(Cc3cccc(Br)c3)cs2)C1. The van der Waals surface area contributed by atoms with E-state index >= 15 is 0 Å².